The lowest BCUT2D eigenvalue weighted by Gasteiger charge is -2.38. The largest absolute Gasteiger partial charge is 0.330 e. The second kappa shape index (κ2) is 6.87. The summed E-state index contributed by atoms with van der Waals surface area (Å²) in [6.45, 7) is 4.34. The van der Waals surface area contributed by atoms with Crippen molar-refractivity contribution >= 4 is 11.3 Å². The van der Waals surface area contributed by atoms with Crippen LogP contribution in [-0.4, -0.2) is 25.0 Å². The number of thiophene rings is 1. The molecule has 1 aliphatic rings. The fraction of sp³-hybridized carbons (Fsp3) is 0.750. The van der Waals surface area contributed by atoms with Gasteiger partial charge in [-0.3, -0.25) is 4.90 Å². The Morgan fingerprint density at radius 3 is 2.68 bits per heavy atom. The molecule has 3 heteroatoms. The minimum absolute atomic E-state index is 0.432. The van der Waals surface area contributed by atoms with E-state index >= 15 is 0 Å². The highest BCUT2D eigenvalue weighted by molar-refractivity contribution is 7.10. The van der Waals surface area contributed by atoms with E-state index in [0.29, 0.717) is 11.5 Å². The second-order valence-corrected chi connectivity index (χ2v) is 7.17. The Kier molecular flexibility index (Phi) is 5.43. The molecule has 0 spiro atoms. The molecule has 1 heterocycles. The molecule has 19 heavy (non-hydrogen) atoms. The third-order valence-electron chi connectivity index (χ3n) is 4.96. The Hall–Kier alpha value is -0.380. The van der Waals surface area contributed by atoms with Gasteiger partial charge < -0.3 is 5.73 Å². The van der Waals surface area contributed by atoms with Gasteiger partial charge in [-0.05, 0) is 63.2 Å². The van der Waals surface area contributed by atoms with Gasteiger partial charge >= 0.3 is 0 Å². The van der Waals surface area contributed by atoms with Crippen molar-refractivity contribution in [2.45, 2.75) is 51.5 Å². The number of nitrogens with two attached hydrogens (primary N) is 1. The van der Waals surface area contributed by atoms with Crippen LogP contribution in [0.3, 0.4) is 0 Å². The van der Waals surface area contributed by atoms with E-state index in [0.717, 1.165) is 13.1 Å². The third-order valence-corrected chi connectivity index (χ3v) is 6.00. The van der Waals surface area contributed by atoms with Crippen LogP contribution in [0, 0.1) is 5.41 Å². The van der Waals surface area contributed by atoms with Gasteiger partial charge in [0, 0.05) is 10.9 Å². The Morgan fingerprint density at radius 2 is 2.11 bits per heavy atom. The molecule has 0 aromatic carbocycles. The van der Waals surface area contributed by atoms with Crippen molar-refractivity contribution in [3.63, 3.8) is 0 Å². The lowest BCUT2D eigenvalue weighted by molar-refractivity contribution is 0.143. The van der Waals surface area contributed by atoms with Crippen LogP contribution in [0.2, 0.25) is 0 Å². The summed E-state index contributed by atoms with van der Waals surface area (Å²) in [5, 5.41) is 2.17. The standard InChI is InChI=1S/C16H28N2S/c1-14(15-7-6-12-19-15)18(2)11-10-16(13-17)8-4-3-5-9-16/h6-7,12,14H,3-5,8-11,13,17H2,1-2H3. The molecular formula is C16H28N2S. The highest BCUT2D eigenvalue weighted by atomic mass is 32.1. The van der Waals surface area contributed by atoms with Gasteiger partial charge in [0.25, 0.3) is 0 Å². The number of rotatable bonds is 6. The highest BCUT2D eigenvalue weighted by Crippen LogP contribution is 2.39. The van der Waals surface area contributed by atoms with Gasteiger partial charge in [-0.25, -0.2) is 0 Å². The molecule has 0 radical (unpaired) electrons. The van der Waals surface area contributed by atoms with Gasteiger partial charge in [-0.15, -0.1) is 11.3 Å². The average Bonchev–Trinajstić information content (AvgIpc) is 2.99. The van der Waals surface area contributed by atoms with E-state index in [1.165, 1.54) is 43.4 Å². The maximum atomic E-state index is 6.08. The molecule has 0 saturated heterocycles. The van der Waals surface area contributed by atoms with Gasteiger partial charge in [0.15, 0.2) is 0 Å². The van der Waals surface area contributed by atoms with Crippen LogP contribution in [0.1, 0.15) is 56.4 Å². The Labute approximate surface area is 122 Å². The highest BCUT2D eigenvalue weighted by Gasteiger charge is 2.30. The smallest absolute Gasteiger partial charge is 0.0410 e. The zero-order valence-electron chi connectivity index (χ0n) is 12.4. The topological polar surface area (TPSA) is 29.3 Å². The molecule has 2 nitrogen and oxygen atoms in total. The first-order valence-corrected chi connectivity index (χ1v) is 8.48. The van der Waals surface area contributed by atoms with Crippen LogP contribution in [0.5, 0.6) is 0 Å². The number of nitrogens with zero attached hydrogens (tertiary/aromatic N) is 1. The molecule has 1 aromatic rings. The number of hydrogen-bond acceptors (Lipinski definition) is 3. The summed E-state index contributed by atoms with van der Waals surface area (Å²) >= 11 is 1.86. The molecule has 1 saturated carbocycles. The van der Waals surface area contributed by atoms with Gasteiger partial charge in [-0.2, -0.15) is 0 Å². The van der Waals surface area contributed by atoms with E-state index in [1.807, 2.05) is 11.3 Å². The molecular weight excluding hydrogens is 252 g/mol. The van der Waals surface area contributed by atoms with E-state index in [-0.39, 0.29) is 0 Å². The minimum Gasteiger partial charge on any atom is -0.330 e. The van der Waals surface area contributed by atoms with Crippen molar-refractivity contribution in [3.8, 4) is 0 Å². The summed E-state index contributed by atoms with van der Waals surface area (Å²) in [6, 6.07) is 4.91. The SMILES string of the molecule is CC(c1cccs1)N(C)CCC1(CN)CCCCC1. The molecule has 0 bridgehead atoms. The molecule has 1 aliphatic carbocycles. The maximum Gasteiger partial charge on any atom is 0.0410 e. The second-order valence-electron chi connectivity index (χ2n) is 6.19. The summed E-state index contributed by atoms with van der Waals surface area (Å²) in [4.78, 5) is 3.95. The summed E-state index contributed by atoms with van der Waals surface area (Å²) in [6.07, 6.45) is 8.09. The third kappa shape index (κ3) is 3.80. The fourth-order valence-corrected chi connectivity index (χ4v) is 4.06. The average molecular weight is 280 g/mol. The van der Waals surface area contributed by atoms with Crippen molar-refractivity contribution in [2.75, 3.05) is 20.1 Å². The Morgan fingerprint density at radius 1 is 1.37 bits per heavy atom. The Bertz CT molecular complexity index is 355. The van der Waals surface area contributed by atoms with E-state index in [4.69, 9.17) is 5.73 Å². The van der Waals surface area contributed by atoms with Gasteiger partial charge in [-0.1, -0.05) is 25.3 Å². The maximum absolute atomic E-state index is 6.08. The van der Waals surface area contributed by atoms with E-state index < -0.39 is 0 Å². The molecule has 108 valence electrons. The molecule has 1 fully saturated rings. The predicted molar refractivity (Wildman–Crippen MR) is 84.6 cm³/mol. The quantitative estimate of drug-likeness (QED) is 0.852. The fourth-order valence-electron chi connectivity index (χ4n) is 3.21. The molecule has 1 unspecified atom stereocenters. The van der Waals surface area contributed by atoms with Crippen molar-refractivity contribution < 1.29 is 0 Å². The first kappa shape index (κ1) is 15.0. The molecule has 1 atom stereocenters. The molecule has 2 rings (SSSR count). The van der Waals surface area contributed by atoms with Gasteiger partial charge in [0.1, 0.15) is 0 Å². The normalized spacial score (nSPS) is 20.6. The predicted octanol–water partition coefficient (Wildman–Crippen LogP) is 4.04. The first-order valence-electron chi connectivity index (χ1n) is 7.61. The lowest BCUT2D eigenvalue weighted by Crippen LogP contribution is -2.36. The van der Waals surface area contributed by atoms with E-state index in [2.05, 4.69) is 36.4 Å². The lowest BCUT2D eigenvalue weighted by atomic mass is 9.72. The molecule has 0 aliphatic heterocycles. The van der Waals surface area contributed by atoms with Crippen LogP contribution >= 0.6 is 11.3 Å². The van der Waals surface area contributed by atoms with E-state index in [9.17, 15) is 0 Å². The van der Waals surface area contributed by atoms with Crippen molar-refractivity contribution in [3.05, 3.63) is 22.4 Å². The van der Waals surface area contributed by atoms with Crippen LogP contribution in [0.25, 0.3) is 0 Å². The van der Waals surface area contributed by atoms with Crippen LogP contribution in [-0.2, 0) is 0 Å². The first-order chi connectivity index (χ1) is 9.17. The van der Waals surface area contributed by atoms with E-state index in [1.54, 1.807) is 0 Å². The van der Waals surface area contributed by atoms with Crippen LogP contribution in [0.4, 0.5) is 0 Å². The summed E-state index contributed by atoms with van der Waals surface area (Å²) < 4.78 is 0. The summed E-state index contributed by atoms with van der Waals surface area (Å²) in [5.74, 6) is 0. The monoisotopic (exact) mass is 280 g/mol. The molecule has 1 aromatic heterocycles. The van der Waals surface area contributed by atoms with Crippen LogP contribution in [0.15, 0.2) is 17.5 Å². The van der Waals surface area contributed by atoms with Crippen molar-refractivity contribution in [1.29, 1.82) is 0 Å². The number of hydrogen-bond donors (Lipinski definition) is 1. The minimum atomic E-state index is 0.432. The Balaban J connectivity index is 1.86. The van der Waals surface area contributed by atoms with Crippen molar-refractivity contribution in [2.24, 2.45) is 11.1 Å². The van der Waals surface area contributed by atoms with Gasteiger partial charge in [0.2, 0.25) is 0 Å². The zero-order valence-corrected chi connectivity index (χ0v) is 13.2. The zero-order chi connectivity index (χ0) is 13.7. The molecule has 0 amide bonds. The van der Waals surface area contributed by atoms with Crippen LogP contribution < -0.4 is 5.73 Å². The van der Waals surface area contributed by atoms with Crippen molar-refractivity contribution in [1.82, 2.24) is 4.90 Å². The molecule has 2 N–H and O–H groups in total. The summed E-state index contributed by atoms with van der Waals surface area (Å²) in [7, 11) is 2.25. The van der Waals surface area contributed by atoms with Gasteiger partial charge in [0.05, 0.1) is 0 Å². The summed E-state index contributed by atoms with van der Waals surface area (Å²) in [5.41, 5.74) is 6.51.